The molecule has 1 heterocycles. The first kappa shape index (κ1) is 11.0. The topological polar surface area (TPSA) is 34.9 Å². The first-order valence-corrected chi connectivity index (χ1v) is 6.43. The smallest absolute Gasteiger partial charge is 0.267 e. The molecule has 0 amide bonds. The maximum absolute atomic E-state index is 11.3. The zero-order chi connectivity index (χ0) is 9.68. The third-order valence-electron chi connectivity index (χ3n) is 1.55. The molecule has 1 aromatic heterocycles. The van der Waals surface area contributed by atoms with Crippen LogP contribution in [-0.4, -0.2) is 21.8 Å². The van der Waals surface area contributed by atoms with Crippen molar-refractivity contribution >= 4 is 34.4 Å². The Hall–Kier alpha value is -0.0400. The van der Waals surface area contributed by atoms with Gasteiger partial charge in [0.2, 0.25) is 0 Å². The molecule has 0 fully saturated rings. The fraction of sp³-hybridized carbons (Fsp3) is 0.500. The lowest BCUT2D eigenvalue weighted by Gasteiger charge is -2.02. The van der Waals surface area contributed by atoms with Crippen molar-refractivity contribution in [2.45, 2.75) is 13.0 Å². The molecule has 0 atom stereocenters. The largest absolute Gasteiger partial charge is 0.268 e. The minimum Gasteiger partial charge on any atom is -0.268 e. The van der Waals surface area contributed by atoms with Crippen LogP contribution in [0.3, 0.4) is 0 Å². The van der Waals surface area contributed by atoms with E-state index in [0.29, 0.717) is 0 Å². The molecule has 0 unspecified atom stereocenters. The van der Waals surface area contributed by atoms with Crippen molar-refractivity contribution in [3.8, 4) is 0 Å². The third-order valence-corrected chi connectivity index (χ3v) is 2.84. The molecule has 13 heavy (non-hydrogen) atoms. The summed E-state index contributed by atoms with van der Waals surface area (Å²) in [5, 5.41) is 4.04. The van der Waals surface area contributed by atoms with Crippen LogP contribution in [0.25, 0.3) is 0 Å². The van der Waals surface area contributed by atoms with Crippen LogP contribution in [0.1, 0.15) is 6.42 Å². The Labute approximate surface area is 95.1 Å². The first-order chi connectivity index (χ1) is 6.24. The standard InChI is InChI=1S/C8H11IN2OS/c1-13-4-2-3-11-8(12)5-7(9)6-10-11/h5-6H,2-4H2,1H3. The molecule has 3 nitrogen and oxygen atoms in total. The van der Waals surface area contributed by atoms with Gasteiger partial charge in [0.25, 0.3) is 5.56 Å². The molecule has 0 saturated carbocycles. The number of thioether (sulfide) groups is 1. The molecular formula is C8H11IN2OS. The van der Waals surface area contributed by atoms with Crippen molar-refractivity contribution < 1.29 is 0 Å². The lowest BCUT2D eigenvalue weighted by atomic mass is 10.5. The molecule has 1 rings (SSSR count). The molecular weight excluding hydrogens is 299 g/mol. The highest BCUT2D eigenvalue weighted by Crippen LogP contribution is 1.98. The fourth-order valence-corrected chi connectivity index (χ4v) is 1.75. The van der Waals surface area contributed by atoms with E-state index in [4.69, 9.17) is 0 Å². The Morgan fingerprint density at radius 2 is 2.46 bits per heavy atom. The van der Waals surface area contributed by atoms with Crippen molar-refractivity contribution in [3.63, 3.8) is 0 Å². The summed E-state index contributed by atoms with van der Waals surface area (Å²) in [6.07, 6.45) is 4.76. The molecule has 72 valence electrons. The summed E-state index contributed by atoms with van der Waals surface area (Å²) in [5.41, 5.74) is -0.00648. The van der Waals surface area contributed by atoms with Crippen LogP contribution in [0.5, 0.6) is 0 Å². The number of rotatable bonds is 4. The van der Waals surface area contributed by atoms with Crippen LogP contribution in [0.15, 0.2) is 17.1 Å². The highest BCUT2D eigenvalue weighted by molar-refractivity contribution is 14.1. The minimum absolute atomic E-state index is 0.00648. The maximum Gasteiger partial charge on any atom is 0.267 e. The molecule has 0 radical (unpaired) electrons. The second kappa shape index (κ2) is 5.64. The van der Waals surface area contributed by atoms with E-state index in [0.717, 1.165) is 22.3 Å². The molecule has 0 spiro atoms. The van der Waals surface area contributed by atoms with Crippen molar-refractivity contribution in [3.05, 3.63) is 26.2 Å². The van der Waals surface area contributed by atoms with E-state index in [-0.39, 0.29) is 5.56 Å². The average molecular weight is 310 g/mol. The fourth-order valence-electron chi connectivity index (χ4n) is 0.938. The van der Waals surface area contributed by atoms with E-state index in [1.807, 2.05) is 0 Å². The summed E-state index contributed by atoms with van der Waals surface area (Å²) in [4.78, 5) is 11.3. The van der Waals surface area contributed by atoms with Gasteiger partial charge in [0.1, 0.15) is 0 Å². The monoisotopic (exact) mass is 310 g/mol. The van der Waals surface area contributed by atoms with Crippen molar-refractivity contribution in [2.24, 2.45) is 0 Å². The lowest BCUT2D eigenvalue weighted by molar-refractivity contribution is 0.569. The first-order valence-electron chi connectivity index (χ1n) is 3.95. The van der Waals surface area contributed by atoms with E-state index < -0.39 is 0 Å². The van der Waals surface area contributed by atoms with Gasteiger partial charge in [-0.15, -0.1) is 0 Å². The van der Waals surface area contributed by atoms with E-state index >= 15 is 0 Å². The second-order valence-corrected chi connectivity index (χ2v) is 4.81. The zero-order valence-electron chi connectivity index (χ0n) is 7.36. The molecule has 0 saturated heterocycles. The van der Waals surface area contributed by atoms with Crippen LogP contribution in [-0.2, 0) is 6.54 Å². The van der Waals surface area contributed by atoms with Gasteiger partial charge in [0.05, 0.1) is 6.20 Å². The van der Waals surface area contributed by atoms with Gasteiger partial charge in [-0.25, -0.2) is 4.68 Å². The zero-order valence-corrected chi connectivity index (χ0v) is 10.3. The van der Waals surface area contributed by atoms with Crippen molar-refractivity contribution in [2.75, 3.05) is 12.0 Å². The van der Waals surface area contributed by atoms with Gasteiger partial charge < -0.3 is 0 Å². The van der Waals surface area contributed by atoms with Gasteiger partial charge >= 0.3 is 0 Å². The van der Waals surface area contributed by atoms with E-state index in [1.54, 1.807) is 24.0 Å². The lowest BCUT2D eigenvalue weighted by Crippen LogP contribution is -2.22. The summed E-state index contributed by atoms with van der Waals surface area (Å²) in [6.45, 7) is 0.719. The van der Waals surface area contributed by atoms with E-state index in [2.05, 4.69) is 33.9 Å². The highest BCUT2D eigenvalue weighted by atomic mass is 127. The summed E-state index contributed by atoms with van der Waals surface area (Å²) < 4.78 is 2.40. The van der Waals surface area contributed by atoms with Crippen LogP contribution >= 0.6 is 34.4 Å². The normalized spacial score (nSPS) is 10.3. The highest BCUT2D eigenvalue weighted by Gasteiger charge is 1.96. The van der Waals surface area contributed by atoms with Gasteiger partial charge in [-0.1, -0.05) is 0 Å². The van der Waals surface area contributed by atoms with Gasteiger partial charge in [0, 0.05) is 16.2 Å². The quantitative estimate of drug-likeness (QED) is 0.626. The summed E-state index contributed by atoms with van der Waals surface area (Å²) in [5.74, 6) is 1.07. The van der Waals surface area contributed by atoms with Crippen LogP contribution in [0, 0.1) is 3.57 Å². The molecule has 0 N–H and O–H groups in total. The third kappa shape index (κ3) is 3.68. The van der Waals surface area contributed by atoms with Crippen LogP contribution in [0.4, 0.5) is 0 Å². The van der Waals surface area contributed by atoms with Gasteiger partial charge in [-0.2, -0.15) is 16.9 Å². The van der Waals surface area contributed by atoms with Crippen LogP contribution < -0.4 is 5.56 Å². The Bertz CT molecular complexity index is 326. The molecule has 0 aliphatic rings. The van der Waals surface area contributed by atoms with E-state index in [1.165, 1.54) is 4.68 Å². The van der Waals surface area contributed by atoms with Gasteiger partial charge in [-0.3, -0.25) is 4.79 Å². The molecule has 0 aliphatic carbocycles. The predicted molar refractivity (Wildman–Crippen MR) is 64.2 cm³/mol. The molecule has 0 aliphatic heterocycles. The minimum atomic E-state index is -0.00648. The number of hydrogen-bond acceptors (Lipinski definition) is 3. The Balaban J connectivity index is 2.62. The Morgan fingerprint density at radius 3 is 3.08 bits per heavy atom. The molecule has 5 heteroatoms. The molecule has 0 bridgehead atoms. The second-order valence-electron chi connectivity index (χ2n) is 2.58. The summed E-state index contributed by atoms with van der Waals surface area (Å²) in [7, 11) is 0. The number of aryl methyl sites for hydroxylation is 1. The Kier molecular flexibility index (Phi) is 4.79. The van der Waals surface area contributed by atoms with Crippen molar-refractivity contribution in [1.82, 2.24) is 9.78 Å². The number of nitrogens with zero attached hydrogens (tertiary/aromatic N) is 2. The summed E-state index contributed by atoms with van der Waals surface area (Å²) >= 11 is 3.87. The number of hydrogen-bond donors (Lipinski definition) is 0. The van der Waals surface area contributed by atoms with Crippen LogP contribution in [0.2, 0.25) is 0 Å². The SMILES string of the molecule is CSCCCn1ncc(I)cc1=O. The van der Waals surface area contributed by atoms with Crippen molar-refractivity contribution in [1.29, 1.82) is 0 Å². The molecule has 1 aromatic rings. The molecule has 0 aromatic carbocycles. The summed E-state index contributed by atoms with van der Waals surface area (Å²) in [6, 6.07) is 1.60. The van der Waals surface area contributed by atoms with E-state index in [9.17, 15) is 4.79 Å². The van der Waals surface area contributed by atoms with Gasteiger partial charge in [0.15, 0.2) is 0 Å². The van der Waals surface area contributed by atoms with Gasteiger partial charge in [-0.05, 0) is 41.0 Å². The Morgan fingerprint density at radius 1 is 1.69 bits per heavy atom. The predicted octanol–water partition coefficient (Wildman–Crippen LogP) is 1.60. The average Bonchev–Trinajstić information content (AvgIpc) is 2.09. The maximum atomic E-state index is 11.3. The number of aromatic nitrogens is 2. The number of halogens is 1.